The SMILES string of the molecule is C=C1c2ccccc2C(C2=CCC=C(F)C=C2)N1c1ccc(N(C)CC)c(N(C(C)C=O)C2CCCCC2)n1. The van der Waals surface area contributed by atoms with Gasteiger partial charge >= 0.3 is 0 Å². The van der Waals surface area contributed by atoms with Crippen molar-refractivity contribution in [2.45, 2.75) is 70.5 Å². The minimum atomic E-state index is -0.295. The number of anilines is 3. The van der Waals surface area contributed by atoms with Gasteiger partial charge in [0.2, 0.25) is 0 Å². The molecule has 0 bridgehead atoms. The number of allylic oxidation sites excluding steroid dienone is 4. The second kappa shape index (κ2) is 11.6. The summed E-state index contributed by atoms with van der Waals surface area (Å²) in [6, 6.07) is 12.3. The van der Waals surface area contributed by atoms with Gasteiger partial charge in [0.05, 0.1) is 17.8 Å². The van der Waals surface area contributed by atoms with Crippen LogP contribution in [0.1, 0.15) is 69.5 Å². The van der Waals surface area contributed by atoms with Crippen molar-refractivity contribution < 1.29 is 9.18 Å². The number of aromatic nitrogens is 1. The van der Waals surface area contributed by atoms with E-state index >= 15 is 0 Å². The molecular formula is C33H39FN4O. The monoisotopic (exact) mass is 526 g/mol. The summed E-state index contributed by atoms with van der Waals surface area (Å²) in [7, 11) is 2.07. The molecule has 0 radical (unpaired) electrons. The summed E-state index contributed by atoms with van der Waals surface area (Å²) >= 11 is 0. The van der Waals surface area contributed by atoms with E-state index in [1.165, 1.54) is 12.5 Å². The molecule has 1 aromatic carbocycles. The average molecular weight is 527 g/mol. The first-order valence-electron chi connectivity index (χ1n) is 14.2. The number of carbonyl (C=O) groups is 1. The van der Waals surface area contributed by atoms with Crippen molar-refractivity contribution >= 4 is 29.3 Å². The second-order valence-electron chi connectivity index (χ2n) is 10.8. The topological polar surface area (TPSA) is 39.7 Å². The summed E-state index contributed by atoms with van der Waals surface area (Å²) in [4.78, 5) is 24.2. The van der Waals surface area contributed by atoms with Crippen LogP contribution in [-0.4, -0.2) is 36.9 Å². The zero-order valence-corrected chi connectivity index (χ0v) is 23.3. The molecular weight excluding hydrogens is 487 g/mol. The molecule has 39 heavy (non-hydrogen) atoms. The van der Waals surface area contributed by atoms with Crippen molar-refractivity contribution in [2.24, 2.45) is 0 Å². The number of nitrogens with zero attached hydrogens (tertiary/aromatic N) is 4. The number of carbonyl (C=O) groups excluding carboxylic acids is 1. The largest absolute Gasteiger partial charge is 0.372 e. The third-order valence-electron chi connectivity index (χ3n) is 8.35. The van der Waals surface area contributed by atoms with Crippen molar-refractivity contribution in [2.75, 3.05) is 28.3 Å². The maximum absolute atomic E-state index is 14.1. The molecule has 204 valence electrons. The Balaban J connectivity index is 1.65. The molecule has 0 spiro atoms. The minimum absolute atomic E-state index is 0.175. The van der Waals surface area contributed by atoms with Gasteiger partial charge in [0.1, 0.15) is 17.9 Å². The van der Waals surface area contributed by atoms with Gasteiger partial charge in [-0.25, -0.2) is 9.37 Å². The molecule has 2 aliphatic carbocycles. The molecule has 0 saturated heterocycles. The van der Waals surface area contributed by atoms with Crippen LogP contribution >= 0.6 is 0 Å². The minimum Gasteiger partial charge on any atom is -0.372 e. The third kappa shape index (κ3) is 5.17. The van der Waals surface area contributed by atoms with Crippen LogP contribution in [0.15, 0.2) is 78.7 Å². The van der Waals surface area contributed by atoms with Gasteiger partial charge in [-0.3, -0.25) is 0 Å². The van der Waals surface area contributed by atoms with Crippen molar-refractivity contribution in [1.29, 1.82) is 0 Å². The van der Waals surface area contributed by atoms with Crippen LogP contribution in [0.5, 0.6) is 0 Å². The molecule has 1 aliphatic heterocycles. The Morgan fingerprint density at radius 3 is 2.64 bits per heavy atom. The zero-order valence-electron chi connectivity index (χ0n) is 23.3. The summed E-state index contributed by atoms with van der Waals surface area (Å²) in [6.45, 7) is 9.41. The smallest absolute Gasteiger partial charge is 0.155 e. The number of fused-ring (bicyclic) bond motifs is 1. The van der Waals surface area contributed by atoms with Crippen molar-refractivity contribution in [1.82, 2.24) is 4.98 Å². The van der Waals surface area contributed by atoms with Gasteiger partial charge in [-0.1, -0.05) is 62.3 Å². The summed E-state index contributed by atoms with van der Waals surface area (Å²) < 4.78 is 14.1. The molecule has 6 heteroatoms. The first-order valence-corrected chi connectivity index (χ1v) is 14.2. The fraction of sp³-hybridized carbons (Fsp3) is 0.394. The van der Waals surface area contributed by atoms with Crippen LogP contribution in [0.3, 0.4) is 0 Å². The van der Waals surface area contributed by atoms with Crippen molar-refractivity contribution in [3.8, 4) is 0 Å². The molecule has 0 N–H and O–H groups in total. The van der Waals surface area contributed by atoms with Crippen LogP contribution in [0.25, 0.3) is 5.70 Å². The number of benzene rings is 1. The number of aldehydes is 1. The highest BCUT2D eigenvalue weighted by molar-refractivity contribution is 5.87. The molecule has 2 aromatic rings. The van der Waals surface area contributed by atoms with E-state index < -0.39 is 0 Å². The lowest BCUT2D eigenvalue weighted by atomic mass is 9.93. The Labute approximate surface area is 232 Å². The van der Waals surface area contributed by atoms with E-state index in [4.69, 9.17) is 4.98 Å². The van der Waals surface area contributed by atoms with E-state index in [2.05, 4.69) is 65.6 Å². The summed E-state index contributed by atoms with van der Waals surface area (Å²) in [6.07, 6.45) is 14.3. The highest BCUT2D eigenvalue weighted by Gasteiger charge is 2.37. The maximum atomic E-state index is 14.1. The number of hydrogen-bond donors (Lipinski definition) is 0. The number of pyridine rings is 1. The van der Waals surface area contributed by atoms with Crippen LogP contribution in [-0.2, 0) is 4.79 Å². The van der Waals surface area contributed by atoms with E-state index in [1.54, 1.807) is 6.08 Å². The molecule has 1 aromatic heterocycles. The van der Waals surface area contributed by atoms with E-state index in [1.807, 2.05) is 25.1 Å². The molecule has 2 unspecified atom stereocenters. The van der Waals surface area contributed by atoms with Crippen LogP contribution < -0.4 is 14.7 Å². The molecule has 0 amide bonds. The number of rotatable bonds is 8. The quantitative estimate of drug-likeness (QED) is 0.332. The number of halogens is 1. The second-order valence-corrected chi connectivity index (χ2v) is 10.8. The van der Waals surface area contributed by atoms with E-state index in [-0.39, 0.29) is 24.0 Å². The summed E-state index contributed by atoms with van der Waals surface area (Å²) in [5.74, 6) is 1.38. The Kier molecular flexibility index (Phi) is 8.01. The molecule has 2 atom stereocenters. The van der Waals surface area contributed by atoms with Crippen LogP contribution in [0.4, 0.5) is 21.7 Å². The maximum Gasteiger partial charge on any atom is 0.155 e. The highest BCUT2D eigenvalue weighted by Crippen LogP contribution is 2.48. The summed E-state index contributed by atoms with van der Waals surface area (Å²) in [5, 5.41) is 0. The molecule has 2 heterocycles. The molecule has 1 fully saturated rings. The van der Waals surface area contributed by atoms with Gasteiger partial charge in [-0.2, -0.15) is 0 Å². The van der Waals surface area contributed by atoms with Gasteiger partial charge in [0.15, 0.2) is 5.82 Å². The van der Waals surface area contributed by atoms with Crippen LogP contribution in [0, 0.1) is 0 Å². The predicted molar refractivity (Wildman–Crippen MR) is 160 cm³/mol. The van der Waals surface area contributed by atoms with Gasteiger partial charge in [-0.05, 0) is 68.5 Å². The van der Waals surface area contributed by atoms with Crippen molar-refractivity contribution in [3.05, 3.63) is 89.8 Å². The average Bonchev–Trinajstić information content (AvgIpc) is 3.10. The first kappa shape index (κ1) is 26.9. The molecule has 5 rings (SSSR count). The molecule has 1 saturated carbocycles. The zero-order chi connectivity index (χ0) is 27.5. The van der Waals surface area contributed by atoms with Crippen molar-refractivity contribution in [3.63, 3.8) is 0 Å². The Morgan fingerprint density at radius 1 is 1.13 bits per heavy atom. The first-order chi connectivity index (χ1) is 18.9. The van der Waals surface area contributed by atoms with Gasteiger partial charge < -0.3 is 19.5 Å². The lowest BCUT2D eigenvalue weighted by molar-refractivity contribution is -0.108. The van der Waals surface area contributed by atoms with E-state index in [9.17, 15) is 9.18 Å². The molecule has 3 aliphatic rings. The Morgan fingerprint density at radius 2 is 1.90 bits per heavy atom. The van der Waals surface area contributed by atoms with E-state index in [0.717, 1.165) is 78.2 Å². The highest BCUT2D eigenvalue weighted by atomic mass is 19.1. The fourth-order valence-electron chi connectivity index (χ4n) is 6.19. The molecule has 5 nitrogen and oxygen atoms in total. The fourth-order valence-corrected chi connectivity index (χ4v) is 6.19. The van der Waals surface area contributed by atoms with E-state index in [0.29, 0.717) is 6.42 Å². The summed E-state index contributed by atoms with van der Waals surface area (Å²) in [5.41, 5.74) is 5.08. The lowest BCUT2D eigenvalue weighted by Crippen LogP contribution is -2.45. The Hall–Kier alpha value is -3.67. The predicted octanol–water partition coefficient (Wildman–Crippen LogP) is 7.54. The van der Waals surface area contributed by atoms with Crippen LogP contribution in [0.2, 0.25) is 0 Å². The van der Waals surface area contributed by atoms with Gasteiger partial charge in [0.25, 0.3) is 0 Å². The third-order valence-corrected chi connectivity index (χ3v) is 8.35. The normalized spacial score (nSPS) is 20.2. The Bertz CT molecular complexity index is 1320. The standard InChI is InChI=1S/C33H39FN4O/c1-5-36(4)30-20-21-31(35-33(30)37(23(2)22-39)27-14-7-6-8-15-27)38-24(3)28-16-9-10-17-29(28)32(38)25-12-11-13-26(34)19-18-25/h9-10,12-13,16-23,27,32H,3,5-8,11,14-15H2,1-2,4H3. The lowest BCUT2D eigenvalue weighted by Gasteiger charge is -2.40. The van der Waals surface area contributed by atoms with Gasteiger partial charge in [-0.15, -0.1) is 0 Å². The van der Waals surface area contributed by atoms with Gasteiger partial charge in [0, 0.05) is 30.9 Å². The number of hydrogen-bond acceptors (Lipinski definition) is 5.